The van der Waals surface area contributed by atoms with E-state index in [0.717, 1.165) is 30.8 Å². The molecule has 0 unspecified atom stereocenters. The van der Waals surface area contributed by atoms with E-state index in [9.17, 15) is 4.79 Å². The van der Waals surface area contributed by atoms with Gasteiger partial charge in [0.1, 0.15) is 11.0 Å². The minimum Gasteiger partial charge on any atom is -0.331 e. The summed E-state index contributed by atoms with van der Waals surface area (Å²) in [7, 11) is 0. The van der Waals surface area contributed by atoms with E-state index in [4.69, 9.17) is 0 Å². The Morgan fingerprint density at radius 3 is 3.05 bits per heavy atom. The molecule has 2 aromatic heterocycles. The summed E-state index contributed by atoms with van der Waals surface area (Å²) >= 11 is 1.63. The quantitative estimate of drug-likeness (QED) is 0.873. The predicted octanol–water partition coefficient (Wildman–Crippen LogP) is 2.65. The van der Waals surface area contributed by atoms with E-state index >= 15 is 0 Å². The maximum absolute atomic E-state index is 12.7. The largest absolute Gasteiger partial charge is 0.331 e. The molecule has 3 rings (SSSR count). The number of thiazole rings is 1. The number of carbonyl (C=O) groups excluding carboxylic acids is 1. The van der Waals surface area contributed by atoms with E-state index in [1.54, 1.807) is 22.2 Å². The second kappa shape index (κ2) is 5.75. The van der Waals surface area contributed by atoms with Crippen LogP contribution in [0.3, 0.4) is 0 Å². The van der Waals surface area contributed by atoms with Gasteiger partial charge in [-0.1, -0.05) is 0 Å². The van der Waals surface area contributed by atoms with E-state index in [0.29, 0.717) is 0 Å². The Kier molecular flexibility index (Phi) is 3.82. The first-order chi connectivity index (χ1) is 9.77. The van der Waals surface area contributed by atoms with Crippen molar-refractivity contribution in [1.29, 1.82) is 0 Å². The van der Waals surface area contributed by atoms with Crippen LogP contribution in [0.15, 0.2) is 30.0 Å². The van der Waals surface area contributed by atoms with Gasteiger partial charge < -0.3 is 4.90 Å². The van der Waals surface area contributed by atoms with Gasteiger partial charge in [-0.25, -0.2) is 4.98 Å². The summed E-state index contributed by atoms with van der Waals surface area (Å²) in [6, 6.07) is 1.72. The van der Waals surface area contributed by atoms with Crippen molar-refractivity contribution in [3.63, 3.8) is 0 Å². The van der Waals surface area contributed by atoms with Crippen LogP contribution in [0.1, 0.15) is 43.3 Å². The minimum absolute atomic E-state index is 0.133. The third-order valence-electron chi connectivity index (χ3n) is 3.80. The number of carbonyl (C=O) groups is 1. The van der Waals surface area contributed by atoms with Gasteiger partial charge >= 0.3 is 0 Å². The van der Waals surface area contributed by atoms with E-state index in [2.05, 4.69) is 10.1 Å². The van der Waals surface area contributed by atoms with Crippen LogP contribution in [0.2, 0.25) is 0 Å². The molecular formula is C14H18N4OS. The molecule has 0 spiro atoms. The highest BCUT2D eigenvalue weighted by atomic mass is 32.1. The van der Waals surface area contributed by atoms with Crippen LogP contribution in [0, 0.1) is 0 Å². The van der Waals surface area contributed by atoms with Crippen molar-refractivity contribution >= 4 is 17.2 Å². The van der Waals surface area contributed by atoms with Gasteiger partial charge in [-0.05, 0) is 32.3 Å². The van der Waals surface area contributed by atoms with E-state index < -0.39 is 0 Å². The molecule has 1 amide bonds. The van der Waals surface area contributed by atoms with Crippen LogP contribution in [0.25, 0.3) is 0 Å². The lowest BCUT2D eigenvalue weighted by Crippen LogP contribution is -2.42. The van der Waals surface area contributed by atoms with Crippen molar-refractivity contribution < 1.29 is 4.79 Å². The number of piperidine rings is 1. The maximum Gasteiger partial charge on any atom is 0.247 e. The lowest BCUT2D eigenvalue weighted by molar-refractivity contribution is -0.138. The van der Waals surface area contributed by atoms with Gasteiger partial charge in [0.15, 0.2) is 0 Å². The van der Waals surface area contributed by atoms with Crippen LogP contribution < -0.4 is 0 Å². The van der Waals surface area contributed by atoms with Gasteiger partial charge in [0.25, 0.3) is 0 Å². The first kappa shape index (κ1) is 13.3. The third kappa shape index (κ3) is 2.47. The van der Waals surface area contributed by atoms with Crippen LogP contribution in [0.5, 0.6) is 0 Å². The Balaban J connectivity index is 1.81. The molecule has 2 aromatic rings. The van der Waals surface area contributed by atoms with Crippen LogP contribution in [0.4, 0.5) is 0 Å². The molecule has 3 heterocycles. The topological polar surface area (TPSA) is 51.0 Å². The molecule has 1 aliphatic rings. The molecule has 0 aromatic carbocycles. The number of hydrogen-bond donors (Lipinski definition) is 0. The lowest BCUT2D eigenvalue weighted by Gasteiger charge is -2.36. The van der Waals surface area contributed by atoms with Gasteiger partial charge in [0, 0.05) is 30.5 Å². The standard InChI is InChI=1S/C14H18N4OS/c1-11(18-9-4-6-16-18)14(19)17-8-3-2-5-12(17)13-15-7-10-20-13/h4,6-7,9-12H,2-3,5,8H2,1H3/t11-,12+/m1/s1. The van der Waals surface area contributed by atoms with Crippen LogP contribution in [-0.2, 0) is 4.79 Å². The first-order valence-corrected chi connectivity index (χ1v) is 7.84. The molecule has 1 aliphatic heterocycles. The molecule has 0 saturated carbocycles. The van der Waals surface area contributed by atoms with Gasteiger partial charge in [0.2, 0.25) is 5.91 Å². The summed E-state index contributed by atoms with van der Waals surface area (Å²) in [5.74, 6) is 0.133. The van der Waals surface area contributed by atoms with Crippen molar-refractivity contribution in [2.24, 2.45) is 0 Å². The zero-order valence-electron chi connectivity index (χ0n) is 11.5. The normalized spacial score (nSPS) is 20.9. The molecule has 2 atom stereocenters. The second-order valence-corrected chi connectivity index (χ2v) is 6.00. The number of hydrogen-bond acceptors (Lipinski definition) is 4. The lowest BCUT2D eigenvalue weighted by atomic mass is 10.0. The summed E-state index contributed by atoms with van der Waals surface area (Å²) < 4.78 is 1.72. The summed E-state index contributed by atoms with van der Waals surface area (Å²) in [5.41, 5.74) is 0. The molecule has 6 heteroatoms. The first-order valence-electron chi connectivity index (χ1n) is 6.96. The second-order valence-electron chi connectivity index (χ2n) is 5.08. The summed E-state index contributed by atoms with van der Waals surface area (Å²) in [6.45, 7) is 2.72. The number of likely N-dealkylation sites (tertiary alicyclic amines) is 1. The zero-order chi connectivity index (χ0) is 13.9. The average molecular weight is 290 g/mol. The SMILES string of the molecule is C[C@H](C(=O)N1CCCC[C@H]1c1nccs1)n1cccn1. The highest BCUT2D eigenvalue weighted by molar-refractivity contribution is 7.09. The fourth-order valence-corrected chi connectivity index (χ4v) is 3.50. The Bertz CT molecular complexity index is 552. The van der Waals surface area contributed by atoms with Gasteiger partial charge in [0.05, 0.1) is 6.04 Å². The number of nitrogens with zero attached hydrogens (tertiary/aromatic N) is 4. The van der Waals surface area contributed by atoms with Crippen molar-refractivity contribution in [1.82, 2.24) is 19.7 Å². The fourth-order valence-electron chi connectivity index (χ4n) is 2.71. The number of rotatable bonds is 3. The third-order valence-corrected chi connectivity index (χ3v) is 4.68. The molecule has 0 aliphatic carbocycles. The Morgan fingerprint density at radius 2 is 2.35 bits per heavy atom. The smallest absolute Gasteiger partial charge is 0.247 e. The zero-order valence-corrected chi connectivity index (χ0v) is 12.3. The molecule has 0 bridgehead atoms. The molecule has 1 saturated heterocycles. The van der Waals surface area contributed by atoms with Crippen molar-refractivity contribution in [2.75, 3.05) is 6.54 Å². The predicted molar refractivity (Wildman–Crippen MR) is 77.4 cm³/mol. The monoisotopic (exact) mass is 290 g/mol. The van der Waals surface area contributed by atoms with Gasteiger partial charge in [-0.15, -0.1) is 11.3 Å². The van der Waals surface area contributed by atoms with Gasteiger partial charge in [-0.3, -0.25) is 9.48 Å². The summed E-state index contributed by atoms with van der Waals surface area (Å²) in [6.07, 6.45) is 8.59. The molecule has 20 heavy (non-hydrogen) atoms. The Labute approximate surface area is 122 Å². The summed E-state index contributed by atoms with van der Waals surface area (Å²) in [4.78, 5) is 19.1. The molecule has 106 valence electrons. The molecule has 0 radical (unpaired) electrons. The van der Waals surface area contributed by atoms with E-state index in [1.165, 1.54) is 0 Å². The van der Waals surface area contributed by atoms with Crippen LogP contribution >= 0.6 is 11.3 Å². The molecule has 0 N–H and O–H groups in total. The molecule has 1 fully saturated rings. The van der Waals surface area contributed by atoms with Crippen molar-refractivity contribution in [3.8, 4) is 0 Å². The van der Waals surface area contributed by atoms with E-state index in [-0.39, 0.29) is 18.0 Å². The number of amides is 1. The Morgan fingerprint density at radius 1 is 1.45 bits per heavy atom. The minimum atomic E-state index is -0.259. The average Bonchev–Trinajstić information content (AvgIpc) is 3.18. The highest BCUT2D eigenvalue weighted by Gasteiger charge is 2.32. The fraction of sp³-hybridized carbons (Fsp3) is 0.500. The van der Waals surface area contributed by atoms with Gasteiger partial charge in [-0.2, -0.15) is 5.10 Å². The Hall–Kier alpha value is -1.69. The highest BCUT2D eigenvalue weighted by Crippen LogP contribution is 2.33. The summed E-state index contributed by atoms with van der Waals surface area (Å²) in [5, 5.41) is 7.20. The van der Waals surface area contributed by atoms with E-state index in [1.807, 2.05) is 35.7 Å². The van der Waals surface area contributed by atoms with Crippen molar-refractivity contribution in [3.05, 3.63) is 35.0 Å². The molecule has 5 nitrogen and oxygen atoms in total. The van der Waals surface area contributed by atoms with Crippen molar-refractivity contribution in [2.45, 2.75) is 38.3 Å². The molecular weight excluding hydrogens is 272 g/mol. The van der Waals surface area contributed by atoms with Crippen LogP contribution in [-0.4, -0.2) is 32.1 Å². The maximum atomic E-state index is 12.7. The number of aromatic nitrogens is 3.